The van der Waals surface area contributed by atoms with Gasteiger partial charge in [-0.1, -0.05) is 55.3 Å². The van der Waals surface area contributed by atoms with Crippen LogP contribution in [0.25, 0.3) is 0 Å². The average Bonchev–Trinajstić information content (AvgIpc) is 3.14. The zero-order valence-electron chi connectivity index (χ0n) is 14.3. The Bertz CT molecular complexity index is 722. The van der Waals surface area contributed by atoms with Crippen molar-refractivity contribution in [2.45, 2.75) is 38.6 Å². The van der Waals surface area contributed by atoms with Gasteiger partial charge in [0.25, 0.3) is 5.91 Å². The highest BCUT2D eigenvalue weighted by Gasteiger charge is 2.19. The van der Waals surface area contributed by atoms with Crippen molar-refractivity contribution >= 4 is 17.5 Å². The number of benzene rings is 2. The lowest BCUT2D eigenvalue weighted by Crippen LogP contribution is -2.25. The summed E-state index contributed by atoms with van der Waals surface area (Å²) in [5, 5.41) is 5.83. The normalized spacial score (nSPS) is 14.2. The first kappa shape index (κ1) is 17.2. The maximum Gasteiger partial charge on any atom is 0.253 e. The Morgan fingerprint density at radius 2 is 1.60 bits per heavy atom. The molecule has 0 atom stereocenters. The summed E-state index contributed by atoms with van der Waals surface area (Å²) >= 11 is 0. The summed E-state index contributed by atoms with van der Waals surface area (Å²) in [6, 6.07) is 16.9. The first-order chi connectivity index (χ1) is 12.2. The lowest BCUT2D eigenvalue weighted by Gasteiger charge is -2.13. The SMILES string of the molecule is O=C(CC1CCCC1)Nc1ccccc1C(=O)NCc1ccccc1. The van der Waals surface area contributed by atoms with E-state index in [1.54, 1.807) is 12.1 Å². The lowest BCUT2D eigenvalue weighted by molar-refractivity contribution is -0.117. The van der Waals surface area contributed by atoms with Gasteiger partial charge in [-0.15, -0.1) is 0 Å². The minimum atomic E-state index is -0.180. The molecule has 130 valence electrons. The van der Waals surface area contributed by atoms with Crippen molar-refractivity contribution in [2.24, 2.45) is 5.92 Å². The highest BCUT2D eigenvalue weighted by Crippen LogP contribution is 2.28. The number of rotatable bonds is 6. The van der Waals surface area contributed by atoms with Crippen LogP contribution in [0.1, 0.15) is 48.0 Å². The van der Waals surface area contributed by atoms with Gasteiger partial charge in [0.05, 0.1) is 11.3 Å². The van der Waals surface area contributed by atoms with E-state index in [2.05, 4.69) is 10.6 Å². The van der Waals surface area contributed by atoms with Crippen LogP contribution in [0.5, 0.6) is 0 Å². The number of hydrogen-bond acceptors (Lipinski definition) is 2. The molecule has 0 bridgehead atoms. The fourth-order valence-electron chi connectivity index (χ4n) is 3.34. The van der Waals surface area contributed by atoms with Crippen molar-refractivity contribution < 1.29 is 9.59 Å². The van der Waals surface area contributed by atoms with Gasteiger partial charge in [0, 0.05) is 13.0 Å². The smallest absolute Gasteiger partial charge is 0.253 e. The van der Waals surface area contributed by atoms with Crippen LogP contribution in [-0.2, 0) is 11.3 Å². The second kappa shape index (κ2) is 8.47. The van der Waals surface area contributed by atoms with Crippen LogP contribution in [-0.4, -0.2) is 11.8 Å². The van der Waals surface area contributed by atoms with Crippen LogP contribution in [0.3, 0.4) is 0 Å². The summed E-state index contributed by atoms with van der Waals surface area (Å²) in [5.41, 5.74) is 2.12. The van der Waals surface area contributed by atoms with Crippen LogP contribution in [0.15, 0.2) is 54.6 Å². The van der Waals surface area contributed by atoms with E-state index in [9.17, 15) is 9.59 Å². The zero-order chi connectivity index (χ0) is 17.5. The summed E-state index contributed by atoms with van der Waals surface area (Å²) in [5.74, 6) is 0.301. The van der Waals surface area contributed by atoms with Gasteiger partial charge in [0.2, 0.25) is 5.91 Å². The summed E-state index contributed by atoms with van der Waals surface area (Å²) in [7, 11) is 0. The average molecular weight is 336 g/mol. The molecule has 2 aromatic rings. The number of para-hydroxylation sites is 1. The van der Waals surface area contributed by atoms with Crippen LogP contribution >= 0.6 is 0 Å². The van der Waals surface area contributed by atoms with Gasteiger partial charge in [-0.2, -0.15) is 0 Å². The van der Waals surface area contributed by atoms with Crippen molar-refractivity contribution in [1.82, 2.24) is 5.32 Å². The predicted octanol–water partition coefficient (Wildman–Crippen LogP) is 4.14. The Morgan fingerprint density at radius 3 is 2.36 bits per heavy atom. The van der Waals surface area contributed by atoms with Gasteiger partial charge >= 0.3 is 0 Å². The van der Waals surface area contributed by atoms with E-state index in [1.807, 2.05) is 42.5 Å². The van der Waals surface area contributed by atoms with E-state index < -0.39 is 0 Å². The molecular weight excluding hydrogens is 312 g/mol. The van der Waals surface area contributed by atoms with Crippen LogP contribution < -0.4 is 10.6 Å². The third-order valence-corrected chi connectivity index (χ3v) is 4.69. The maximum atomic E-state index is 12.5. The van der Waals surface area contributed by atoms with E-state index in [0.29, 0.717) is 30.1 Å². The molecule has 3 rings (SSSR count). The summed E-state index contributed by atoms with van der Waals surface area (Å²) in [4.78, 5) is 24.8. The summed E-state index contributed by atoms with van der Waals surface area (Å²) in [6.45, 7) is 0.462. The predicted molar refractivity (Wildman–Crippen MR) is 99.3 cm³/mol. The van der Waals surface area contributed by atoms with Gasteiger partial charge in [-0.25, -0.2) is 0 Å². The summed E-state index contributed by atoms with van der Waals surface area (Å²) < 4.78 is 0. The molecule has 1 aliphatic rings. The molecule has 4 heteroatoms. The molecule has 0 aromatic heterocycles. The Balaban J connectivity index is 1.61. The molecule has 0 spiro atoms. The largest absolute Gasteiger partial charge is 0.348 e. The quantitative estimate of drug-likeness (QED) is 0.833. The first-order valence-corrected chi connectivity index (χ1v) is 8.93. The van der Waals surface area contributed by atoms with E-state index in [-0.39, 0.29) is 11.8 Å². The number of carbonyl (C=O) groups excluding carboxylic acids is 2. The molecule has 4 nitrogen and oxygen atoms in total. The molecule has 0 heterocycles. The van der Waals surface area contributed by atoms with Crippen molar-refractivity contribution in [3.63, 3.8) is 0 Å². The Kier molecular flexibility index (Phi) is 5.83. The van der Waals surface area contributed by atoms with E-state index >= 15 is 0 Å². The zero-order valence-corrected chi connectivity index (χ0v) is 14.3. The molecule has 2 aromatic carbocycles. The fraction of sp³-hybridized carbons (Fsp3) is 0.333. The molecule has 0 aliphatic heterocycles. The molecule has 0 saturated heterocycles. The second-order valence-electron chi connectivity index (χ2n) is 6.62. The number of hydrogen-bond donors (Lipinski definition) is 2. The highest BCUT2D eigenvalue weighted by molar-refractivity contribution is 6.03. The van der Waals surface area contributed by atoms with Crippen LogP contribution in [0.4, 0.5) is 5.69 Å². The van der Waals surface area contributed by atoms with Gasteiger partial charge in [0.15, 0.2) is 0 Å². The fourth-order valence-corrected chi connectivity index (χ4v) is 3.34. The minimum Gasteiger partial charge on any atom is -0.348 e. The van der Waals surface area contributed by atoms with Gasteiger partial charge < -0.3 is 10.6 Å². The molecule has 2 N–H and O–H groups in total. The number of anilines is 1. The Morgan fingerprint density at radius 1 is 0.920 bits per heavy atom. The molecule has 25 heavy (non-hydrogen) atoms. The molecule has 1 aliphatic carbocycles. The Hall–Kier alpha value is -2.62. The topological polar surface area (TPSA) is 58.2 Å². The van der Waals surface area contributed by atoms with Gasteiger partial charge in [-0.05, 0) is 36.5 Å². The van der Waals surface area contributed by atoms with Gasteiger partial charge in [0.1, 0.15) is 0 Å². The monoisotopic (exact) mass is 336 g/mol. The van der Waals surface area contributed by atoms with Crippen molar-refractivity contribution in [1.29, 1.82) is 0 Å². The van der Waals surface area contributed by atoms with Crippen molar-refractivity contribution in [3.05, 3.63) is 65.7 Å². The minimum absolute atomic E-state index is 0.00444. The molecule has 1 saturated carbocycles. The molecule has 0 radical (unpaired) electrons. The van der Waals surface area contributed by atoms with Crippen LogP contribution in [0, 0.1) is 5.92 Å². The highest BCUT2D eigenvalue weighted by atomic mass is 16.2. The van der Waals surface area contributed by atoms with E-state index in [1.165, 1.54) is 12.8 Å². The van der Waals surface area contributed by atoms with Gasteiger partial charge in [-0.3, -0.25) is 9.59 Å². The van der Waals surface area contributed by atoms with Crippen LogP contribution in [0.2, 0.25) is 0 Å². The molecular formula is C21H24N2O2. The molecule has 2 amide bonds. The van der Waals surface area contributed by atoms with E-state index in [0.717, 1.165) is 18.4 Å². The number of nitrogens with one attached hydrogen (secondary N) is 2. The second-order valence-corrected chi connectivity index (χ2v) is 6.62. The van der Waals surface area contributed by atoms with Crippen molar-refractivity contribution in [2.75, 3.05) is 5.32 Å². The molecule has 0 unspecified atom stereocenters. The lowest BCUT2D eigenvalue weighted by atomic mass is 10.0. The van der Waals surface area contributed by atoms with Crippen molar-refractivity contribution in [3.8, 4) is 0 Å². The number of carbonyl (C=O) groups is 2. The number of amides is 2. The molecule has 1 fully saturated rings. The summed E-state index contributed by atoms with van der Waals surface area (Å²) in [6.07, 6.45) is 5.24. The first-order valence-electron chi connectivity index (χ1n) is 8.93. The standard InChI is InChI=1S/C21H24N2O2/c24-20(14-16-8-4-5-9-16)23-19-13-7-6-12-18(19)21(25)22-15-17-10-2-1-3-11-17/h1-3,6-7,10-13,16H,4-5,8-9,14-15H2,(H,22,25)(H,23,24). The Labute approximate surface area is 148 Å². The third-order valence-electron chi connectivity index (χ3n) is 4.69. The van der Waals surface area contributed by atoms with E-state index in [4.69, 9.17) is 0 Å². The maximum absolute atomic E-state index is 12.5. The third kappa shape index (κ3) is 4.92.